The molecule has 0 saturated heterocycles. The van der Waals surface area contributed by atoms with E-state index >= 15 is 0 Å². The van der Waals surface area contributed by atoms with Crippen LogP contribution in [0.1, 0.15) is 47.0 Å². The Bertz CT molecular complexity index is 453. The molecule has 0 bridgehead atoms. The van der Waals surface area contributed by atoms with E-state index in [4.69, 9.17) is 4.74 Å². The van der Waals surface area contributed by atoms with Crippen molar-refractivity contribution in [1.29, 1.82) is 0 Å². The van der Waals surface area contributed by atoms with Crippen LogP contribution in [-0.2, 0) is 14.3 Å². The van der Waals surface area contributed by atoms with Crippen LogP contribution in [0.2, 0.25) is 0 Å². The number of imide groups is 1. The molecule has 1 aliphatic heterocycles. The molecule has 2 rings (SSSR count). The first-order valence-corrected chi connectivity index (χ1v) is 8.52. The molecular weight excluding hydrogens is 278 g/mol. The molecule has 0 aromatic heterocycles. The summed E-state index contributed by atoms with van der Waals surface area (Å²) in [5, 5.41) is 2.25. The smallest absolute Gasteiger partial charge is 0.256 e. The molecule has 4 nitrogen and oxygen atoms in total. The minimum absolute atomic E-state index is 0.243. The highest BCUT2D eigenvalue weighted by molar-refractivity contribution is 6.16. The van der Waals surface area contributed by atoms with Gasteiger partial charge in [-0.15, -0.1) is 0 Å². The maximum absolute atomic E-state index is 11.5. The number of carbonyl (C=O) groups is 2. The van der Waals surface area contributed by atoms with Crippen molar-refractivity contribution in [2.45, 2.75) is 47.0 Å². The third kappa shape index (κ3) is 4.19. The third-order valence-corrected chi connectivity index (χ3v) is 5.31. The predicted molar refractivity (Wildman–Crippen MR) is 86.0 cm³/mol. The molecule has 2 aliphatic rings. The fourth-order valence-corrected chi connectivity index (χ4v) is 3.81. The normalized spacial score (nSPS) is 29.2. The second-order valence-electron chi connectivity index (χ2n) is 7.49. The van der Waals surface area contributed by atoms with E-state index in [1.54, 1.807) is 0 Å². The van der Waals surface area contributed by atoms with Crippen molar-refractivity contribution < 1.29 is 14.3 Å². The van der Waals surface area contributed by atoms with Crippen molar-refractivity contribution in [3.05, 3.63) is 11.6 Å². The lowest BCUT2D eigenvalue weighted by Crippen LogP contribution is -2.33. The van der Waals surface area contributed by atoms with Crippen LogP contribution < -0.4 is 5.32 Å². The van der Waals surface area contributed by atoms with Crippen LogP contribution >= 0.6 is 0 Å². The molecule has 2 unspecified atom stereocenters. The Morgan fingerprint density at radius 1 is 1.18 bits per heavy atom. The van der Waals surface area contributed by atoms with Gasteiger partial charge in [-0.1, -0.05) is 27.7 Å². The summed E-state index contributed by atoms with van der Waals surface area (Å²) in [5.74, 6) is 2.84. The molecule has 0 radical (unpaired) electrons. The number of hydrogen-bond donors (Lipinski definition) is 1. The van der Waals surface area contributed by atoms with Crippen LogP contribution in [0.4, 0.5) is 0 Å². The van der Waals surface area contributed by atoms with Gasteiger partial charge in [-0.2, -0.15) is 0 Å². The first kappa shape index (κ1) is 17.2. The lowest BCUT2D eigenvalue weighted by atomic mass is 9.67. The Kier molecular flexibility index (Phi) is 5.79. The minimum Gasteiger partial charge on any atom is -0.376 e. The largest absolute Gasteiger partial charge is 0.376 e. The van der Waals surface area contributed by atoms with Gasteiger partial charge in [0, 0.05) is 11.6 Å². The Balaban J connectivity index is 1.85. The summed E-state index contributed by atoms with van der Waals surface area (Å²) in [6.45, 7) is 10.2. The SMILES string of the molecule is CC(C)C1CC[C@H](COCC2=CC(=O)NC2=O)C(C(C)C)C1. The summed E-state index contributed by atoms with van der Waals surface area (Å²) >= 11 is 0. The van der Waals surface area contributed by atoms with Gasteiger partial charge in [0.2, 0.25) is 0 Å². The van der Waals surface area contributed by atoms with E-state index in [9.17, 15) is 9.59 Å². The Labute approximate surface area is 133 Å². The highest BCUT2D eigenvalue weighted by Gasteiger charge is 2.33. The van der Waals surface area contributed by atoms with Gasteiger partial charge in [-0.25, -0.2) is 0 Å². The van der Waals surface area contributed by atoms with Crippen molar-refractivity contribution in [2.75, 3.05) is 13.2 Å². The van der Waals surface area contributed by atoms with Crippen molar-refractivity contribution >= 4 is 11.8 Å². The number of ether oxygens (including phenoxy) is 1. The summed E-state index contributed by atoms with van der Waals surface area (Å²) in [6, 6.07) is 0. The van der Waals surface area contributed by atoms with E-state index in [1.165, 1.54) is 25.3 Å². The lowest BCUT2D eigenvalue weighted by molar-refractivity contribution is -0.124. The summed E-state index contributed by atoms with van der Waals surface area (Å²) in [5.41, 5.74) is 0.446. The van der Waals surface area contributed by atoms with Gasteiger partial charge in [-0.05, 0) is 48.9 Å². The quantitative estimate of drug-likeness (QED) is 0.768. The summed E-state index contributed by atoms with van der Waals surface area (Å²) in [6.07, 6.45) is 5.11. The molecular formula is C18H29NO3. The highest BCUT2D eigenvalue weighted by Crippen LogP contribution is 2.41. The molecule has 3 atom stereocenters. The second-order valence-corrected chi connectivity index (χ2v) is 7.49. The fraction of sp³-hybridized carbons (Fsp3) is 0.778. The first-order chi connectivity index (χ1) is 10.4. The summed E-state index contributed by atoms with van der Waals surface area (Å²) in [7, 11) is 0. The fourth-order valence-electron chi connectivity index (χ4n) is 3.81. The number of nitrogens with one attached hydrogen (secondary N) is 1. The van der Waals surface area contributed by atoms with Crippen LogP contribution in [-0.4, -0.2) is 25.0 Å². The van der Waals surface area contributed by atoms with E-state index in [1.807, 2.05) is 0 Å². The zero-order valence-corrected chi connectivity index (χ0v) is 14.2. The minimum atomic E-state index is -0.332. The lowest BCUT2D eigenvalue weighted by Gasteiger charge is -2.40. The average molecular weight is 307 g/mol. The number of rotatable bonds is 6. The van der Waals surface area contributed by atoms with E-state index in [0.29, 0.717) is 29.9 Å². The monoisotopic (exact) mass is 307 g/mol. The molecule has 22 heavy (non-hydrogen) atoms. The zero-order chi connectivity index (χ0) is 16.3. The van der Waals surface area contributed by atoms with E-state index in [-0.39, 0.29) is 18.4 Å². The molecule has 0 aromatic rings. The maximum Gasteiger partial charge on any atom is 0.256 e. The Morgan fingerprint density at radius 3 is 2.45 bits per heavy atom. The molecule has 0 aromatic carbocycles. The topological polar surface area (TPSA) is 55.4 Å². The van der Waals surface area contributed by atoms with E-state index < -0.39 is 0 Å². The molecule has 1 N–H and O–H groups in total. The van der Waals surface area contributed by atoms with Crippen LogP contribution in [0.5, 0.6) is 0 Å². The number of hydrogen-bond acceptors (Lipinski definition) is 3. The molecule has 1 aliphatic carbocycles. The van der Waals surface area contributed by atoms with Crippen LogP contribution in [0.25, 0.3) is 0 Å². The zero-order valence-electron chi connectivity index (χ0n) is 14.2. The van der Waals surface area contributed by atoms with Crippen molar-refractivity contribution in [2.24, 2.45) is 29.6 Å². The molecule has 124 valence electrons. The molecule has 1 saturated carbocycles. The van der Waals surface area contributed by atoms with Gasteiger partial charge in [0.25, 0.3) is 11.8 Å². The Morgan fingerprint density at radius 2 is 1.91 bits per heavy atom. The summed E-state index contributed by atoms with van der Waals surface area (Å²) in [4.78, 5) is 22.6. The number of carbonyl (C=O) groups excluding carboxylic acids is 2. The maximum atomic E-state index is 11.5. The third-order valence-electron chi connectivity index (χ3n) is 5.31. The molecule has 1 heterocycles. The average Bonchev–Trinajstić information content (AvgIpc) is 2.77. The standard InChI is InChI=1S/C18H29NO3/c1-11(2)13-5-6-14(16(7-13)12(3)4)9-22-10-15-8-17(20)19-18(15)21/h8,11-14,16H,5-7,9-10H2,1-4H3,(H,19,20,21)/t13?,14-,16?/m1/s1. The van der Waals surface area contributed by atoms with Gasteiger partial charge >= 0.3 is 0 Å². The first-order valence-electron chi connectivity index (χ1n) is 8.52. The van der Waals surface area contributed by atoms with Gasteiger partial charge < -0.3 is 4.74 Å². The second kappa shape index (κ2) is 7.40. The van der Waals surface area contributed by atoms with Gasteiger partial charge in [0.15, 0.2) is 0 Å². The van der Waals surface area contributed by atoms with Gasteiger partial charge in [-0.3, -0.25) is 14.9 Å². The van der Waals surface area contributed by atoms with E-state index in [2.05, 4.69) is 33.0 Å². The van der Waals surface area contributed by atoms with Gasteiger partial charge in [0.1, 0.15) is 0 Å². The highest BCUT2D eigenvalue weighted by atomic mass is 16.5. The molecule has 2 amide bonds. The van der Waals surface area contributed by atoms with Crippen molar-refractivity contribution in [3.63, 3.8) is 0 Å². The van der Waals surface area contributed by atoms with Crippen molar-refractivity contribution in [3.8, 4) is 0 Å². The van der Waals surface area contributed by atoms with Gasteiger partial charge in [0.05, 0.1) is 13.2 Å². The van der Waals surface area contributed by atoms with Crippen LogP contribution in [0.3, 0.4) is 0 Å². The van der Waals surface area contributed by atoms with E-state index in [0.717, 1.165) is 11.8 Å². The van der Waals surface area contributed by atoms with Crippen molar-refractivity contribution in [1.82, 2.24) is 5.32 Å². The van der Waals surface area contributed by atoms with Crippen LogP contribution in [0.15, 0.2) is 11.6 Å². The molecule has 4 heteroatoms. The number of amides is 2. The summed E-state index contributed by atoms with van der Waals surface area (Å²) < 4.78 is 5.77. The molecule has 0 spiro atoms. The van der Waals surface area contributed by atoms with Crippen LogP contribution in [0, 0.1) is 29.6 Å². The predicted octanol–water partition coefficient (Wildman–Crippen LogP) is 2.93. The Hall–Kier alpha value is -1.16. The molecule has 1 fully saturated rings.